The van der Waals surface area contributed by atoms with Crippen LogP contribution >= 0.6 is 0 Å². The lowest BCUT2D eigenvalue weighted by molar-refractivity contribution is -0.925. The van der Waals surface area contributed by atoms with Crippen molar-refractivity contribution < 1.29 is 29.1 Å². The molecule has 1 amide bonds. The smallest absolute Gasteiger partial charge is 0.477 e. The minimum atomic E-state index is -1.61. The Kier molecular flexibility index (Phi) is 2.83. The first-order valence-electron chi connectivity index (χ1n) is 5.36. The summed E-state index contributed by atoms with van der Waals surface area (Å²) >= 11 is 0. The van der Waals surface area contributed by atoms with Crippen molar-refractivity contribution in [3.05, 3.63) is 0 Å². The van der Waals surface area contributed by atoms with Gasteiger partial charge in [0.1, 0.15) is 12.1 Å². The number of nitrogens with zero attached hydrogens (tertiary/aromatic N) is 1. The van der Waals surface area contributed by atoms with Crippen LogP contribution in [-0.4, -0.2) is 50.2 Å². The molecule has 0 aromatic rings. The van der Waals surface area contributed by atoms with Crippen molar-refractivity contribution in [3.8, 4) is 0 Å². The molecular weight excluding hydrogens is 226 g/mol. The Bertz CT molecular complexity index is 397. The van der Waals surface area contributed by atoms with Crippen LogP contribution in [0.4, 0.5) is 4.79 Å². The molecule has 1 fully saturated rings. The fourth-order valence-electron chi connectivity index (χ4n) is 2.80. The SMILES string of the molecule is CC(C)(C)[N+]1(C(=O)O)CC(=O)C[C@@]1(C)C(=O)O. The molecule has 96 valence electrons. The van der Waals surface area contributed by atoms with Crippen LogP contribution in [0.1, 0.15) is 34.1 Å². The molecule has 6 nitrogen and oxygen atoms in total. The van der Waals surface area contributed by atoms with Crippen LogP contribution in [-0.2, 0) is 9.59 Å². The highest BCUT2D eigenvalue weighted by atomic mass is 16.4. The van der Waals surface area contributed by atoms with Gasteiger partial charge in [-0.3, -0.25) is 4.79 Å². The molecule has 0 aliphatic carbocycles. The monoisotopic (exact) mass is 244 g/mol. The highest BCUT2D eigenvalue weighted by Crippen LogP contribution is 2.43. The molecule has 1 saturated heterocycles. The number of Topliss-reactive ketones (excluding diaryl/α,β-unsaturated/α-hetero) is 1. The van der Waals surface area contributed by atoms with Crippen LogP contribution in [0, 0.1) is 0 Å². The van der Waals surface area contributed by atoms with E-state index in [1.54, 1.807) is 20.8 Å². The van der Waals surface area contributed by atoms with Gasteiger partial charge in [0.15, 0.2) is 5.78 Å². The molecule has 0 bridgehead atoms. The molecule has 1 rings (SSSR count). The summed E-state index contributed by atoms with van der Waals surface area (Å²) in [5, 5.41) is 18.8. The van der Waals surface area contributed by atoms with Crippen molar-refractivity contribution >= 4 is 17.8 Å². The number of rotatable bonds is 1. The Hall–Kier alpha value is -1.43. The number of aliphatic carboxylic acids is 1. The summed E-state index contributed by atoms with van der Waals surface area (Å²) < 4.78 is -0.756. The zero-order chi connectivity index (χ0) is 13.6. The molecule has 0 saturated carbocycles. The fraction of sp³-hybridized carbons (Fsp3) is 0.727. The summed E-state index contributed by atoms with van der Waals surface area (Å²) in [4.78, 5) is 34.6. The van der Waals surface area contributed by atoms with E-state index >= 15 is 0 Å². The van der Waals surface area contributed by atoms with Crippen LogP contribution in [0.25, 0.3) is 0 Å². The first-order chi connectivity index (χ1) is 7.49. The van der Waals surface area contributed by atoms with E-state index in [0.717, 1.165) is 0 Å². The summed E-state index contributed by atoms with van der Waals surface area (Å²) in [6.45, 7) is 5.98. The number of hydrogen-bond donors (Lipinski definition) is 2. The molecule has 17 heavy (non-hydrogen) atoms. The van der Waals surface area contributed by atoms with Gasteiger partial charge in [-0.15, -0.1) is 0 Å². The number of quaternary nitrogens is 1. The van der Waals surface area contributed by atoms with Crippen molar-refractivity contribution in [1.29, 1.82) is 0 Å². The van der Waals surface area contributed by atoms with Gasteiger partial charge in [-0.25, -0.2) is 4.79 Å². The second-order valence-electron chi connectivity index (χ2n) is 5.72. The minimum Gasteiger partial charge on any atom is -0.477 e. The predicted octanol–water partition coefficient (Wildman–Crippen LogP) is 1.10. The van der Waals surface area contributed by atoms with Crippen molar-refractivity contribution in [3.63, 3.8) is 0 Å². The van der Waals surface area contributed by atoms with Gasteiger partial charge < -0.3 is 10.2 Å². The maximum absolute atomic E-state index is 11.6. The average molecular weight is 244 g/mol. The standard InChI is InChI=1S/C11H17NO5/c1-10(2,3)12(9(16)17)6-7(13)5-11(12,4)8(14)15/h5-6H2,1-4H3,(H-,14,15,16,17)/p+1/t11-,12?/m0/s1. The van der Waals surface area contributed by atoms with Gasteiger partial charge in [0.05, 0.1) is 6.42 Å². The Morgan fingerprint density at radius 1 is 1.29 bits per heavy atom. The van der Waals surface area contributed by atoms with E-state index in [2.05, 4.69) is 0 Å². The van der Waals surface area contributed by atoms with Gasteiger partial charge in [-0.1, -0.05) is 0 Å². The number of ketones is 1. The number of carboxylic acids is 1. The predicted molar refractivity (Wildman–Crippen MR) is 58.6 cm³/mol. The van der Waals surface area contributed by atoms with Crippen molar-refractivity contribution in [2.75, 3.05) is 6.54 Å². The summed E-state index contributed by atoms with van der Waals surface area (Å²) in [6.07, 6.45) is -1.51. The third-order valence-corrected chi connectivity index (χ3v) is 3.73. The second-order valence-corrected chi connectivity index (χ2v) is 5.72. The highest BCUT2D eigenvalue weighted by Gasteiger charge is 2.70. The maximum Gasteiger partial charge on any atom is 0.515 e. The largest absolute Gasteiger partial charge is 0.515 e. The van der Waals surface area contributed by atoms with Gasteiger partial charge in [0, 0.05) is 6.92 Å². The van der Waals surface area contributed by atoms with E-state index in [-0.39, 0.29) is 18.7 Å². The highest BCUT2D eigenvalue weighted by molar-refractivity contribution is 5.93. The van der Waals surface area contributed by atoms with E-state index in [0.29, 0.717) is 0 Å². The Morgan fingerprint density at radius 3 is 2.00 bits per heavy atom. The zero-order valence-electron chi connectivity index (χ0n) is 10.5. The van der Waals surface area contributed by atoms with Crippen LogP contribution in [0.5, 0.6) is 0 Å². The van der Waals surface area contributed by atoms with E-state index in [1.165, 1.54) is 6.92 Å². The molecule has 1 aliphatic heterocycles. The molecule has 1 aliphatic rings. The number of carboxylic acid groups (broad SMARTS) is 2. The third-order valence-electron chi connectivity index (χ3n) is 3.73. The lowest BCUT2D eigenvalue weighted by atomic mass is 9.90. The Balaban J connectivity index is 3.54. The zero-order valence-corrected chi connectivity index (χ0v) is 10.5. The van der Waals surface area contributed by atoms with Crippen LogP contribution in [0.3, 0.4) is 0 Å². The molecule has 0 radical (unpaired) electrons. The van der Waals surface area contributed by atoms with Crippen LogP contribution < -0.4 is 0 Å². The first-order valence-corrected chi connectivity index (χ1v) is 5.36. The second kappa shape index (κ2) is 3.53. The normalized spacial score (nSPS) is 33.8. The fourth-order valence-corrected chi connectivity index (χ4v) is 2.80. The summed E-state index contributed by atoms with van der Waals surface area (Å²) in [6, 6.07) is 0. The Morgan fingerprint density at radius 2 is 1.76 bits per heavy atom. The molecule has 2 atom stereocenters. The number of amides is 1. The van der Waals surface area contributed by atoms with Crippen molar-refractivity contribution in [2.45, 2.75) is 45.2 Å². The maximum atomic E-state index is 11.6. The minimum absolute atomic E-state index is 0.244. The van der Waals surface area contributed by atoms with E-state index in [4.69, 9.17) is 0 Å². The molecule has 0 aromatic heterocycles. The average Bonchev–Trinajstić information content (AvgIpc) is 2.38. The molecular formula is C11H18NO5+. The number of hydrogen-bond acceptors (Lipinski definition) is 3. The first kappa shape index (κ1) is 13.6. The number of carbonyl (C=O) groups is 3. The molecule has 0 spiro atoms. The summed E-state index contributed by atoms with van der Waals surface area (Å²) in [5.74, 6) is -1.58. The van der Waals surface area contributed by atoms with E-state index < -0.39 is 27.6 Å². The van der Waals surface area contributed by atoms with Gasteiger partial charge in [-0.2, -0.15) is 9.28 Å². The van der Waals surface area contributed by atoms with Gasteiger partial charge in [0.2, 0.25) is 5.54 Å². The Labute approximate surface area is 99.4 Å². The lowest BCUT2D eigenvalue weighted by Crippen LogP contribution is -2.73. The van der Waals surface area contributed by atoms with Crippen molar-refractivity contribution in [1.82, 2.24) is 0 Å². The molecule has 2 N–H and O–H groups in total. The van der Waals surface area contributed by atoms with Gasteiger partial charge in [-0.05, 0) is 20.8 Å². The summed E-state index contributed by atoms with van der Waals surface area (Å²) in [7, 11) is 0. The lowest BCUT2D eigenvalue weighted by Gasteiger charge is -2.47. The third kappa shape index (κ3) is 1.55. The molecule has 1 heterocycles. The topological polar surface area (TPSA) is 91.7 Å². The molecule has 6 heteroatoms. The van der Waals surface area contributed by atoms with E-state index in [9.17, 15) is 24.6 Å². The molecule has 1 unspecified atom stereocenters. The summed E-state index contributed by atoms with van der Waals surface area (Å²) in [5.41, 5.74) is -2.48. The quantitative estimate of drug-likeness (QED) is 0.674. The van der Waals surface area contributed by atoms with Crippen molar-refractivity contribution in [2.24, 2.45) is 0 Å². The van der Waals surface area contributed by atoms with Crippen LogP contribution in [0.15, 0.2) is 0 Å². The van der Waals surface area contributed by atoms with Crippen LogP contribution in [0.2, 0.25) is 0 Å². The molecule has 0 aromatic carbocycles. The van der Waals surface area contributed by atoms with E-state index in [1.807, 2.05) is 0 Å². The van der Waals surface area contributed by atoms with Gasteiger partial charge in [0.25, 0.3) is 0 Å². The number of carbonyl (C=O) groups excluding carboxylic acids is 1. The number of likely N-dealkylation sites (tertiary alicyclic amines) is 1. The van der Waals surface area contributed by atoms with Gasteiger partial charge >= 0.3 is 12.1 Å².